The number of pyridine rings is 1. The third-order valence-electron chi connectivity index (χ3n) is 5.47. The fourth-order valence-electron chi connectivity index (χ4n) is 4.31. The highest BCUT2D eigenvalue weighted by Gasteiger charge is 2.44. The minimum absolute atomic E-state index is 0.0596. The molecular weight excluding hydrogens is 344 g/mol. The van der Waals surface area contributed by atoms with Gasteiger partial charge in [0.05, 0.1) is 17.8 Å². The first kappa shape index (κ1) is 16.4. The van der Waals surface area contributed by atoms with Crippen molar-refractivity contribution in [1.29, 1.82) is 0 Å². The number of hydrogen-bond acceptors (Lipinski definition) is 5. The lowest BCUT2D eigenvalue weighted by Crippen LogP contribution is -2.31. The number of aromatic nitrogens is 2. The number of ether oxygens (including phenoxy) is 1. The highest BCUT2D eigenvalue weighted by Crippen LogP contribution is 2.47. The van der Waals surface area contributed by atoms with E-state index in [2.05, 4.69) is 51.8 Å². The van der Waals surface area contributed by atoms with E-state index in [0.717, 1.165) is 31.8 Å². The van der Waals surface area contributed by atoms with E-state index in [0.29, 0.717) is 11.4 Å². The monoisotopic (exact) mass is 368 g/mol. The Morgan fingerprint density at radius 2 is 2.23 bits per heavy atom. The molecule has 0 spiro atoms. The topological polar surface area (TPSA) is 42.7 Å². The second kappa shape index (κ2) is 6.74. The molecule has 5 nitrogen and oxygen atoms in total. The molecule has 2 saturated heterocycles. The second-order valence-electron chi connectivity index (χ2n) is 7.36. The Morgan fingerprint density at radius 1 is 1.27 bits per heavy atom. The largest absolute Gasteiger partial charge is 0.376 e. The maximum Gasteiger partial charge on any atom is 0.160 e. The van der Waals surface area contributed by atoms with Crippen LogP contribution in [0.1, 0.15) is 43.2 Å². The van der Waals surface area contributed by atoms with Crippen molar-refractivity contribution in [1.82, 2.24) is 14.5 Å². The summed E-state index contributed by atoms with van der Waals surface area (Å²) in [7, 11) is 0. The van der Waals surface area contributed by atoms with E-state index in [4.69, 9.17) is 9.73 Å². The number of thioether (sulfide) groups is 1. The lowest BCUT2D eigenvalue weighted by atomic mass is 10.0. The Morgan fingerprint density at radius 3 is 3.04 bits per heavy atom. The molecule has 3 aliphatic rings. The van der Waals surface area contributed by atoms with E-state index in [1.54, 1.807) is 0 Å². The zero-order valence-corrected chi connectivity index (χ0v) is 15.8. The SMILES string of the molecule is C[C@@H]1CN2C(=N[C@H](c3ccccn3)[C@H]2c2cccn2C[C@H]2CCCO2)S1. The van der Waals surface area contributed by atoms with E-state index in [-0.39, 0.29) is 12.1 Å². The smallest absolute Gasteiger partial charge is 0.160 e. The highest BCUT2D eigenvalue weighted by atomic mass is 32.2. The first-order valence-corrected chi connectivity index (χ1v) is 10.4. The first-order chi connectivity index (χ1) is 12.8. The number of amidine groups is 1. The molecule has 0 bridgehead atoms. The molecule has 0 radical (unpaired) electrons. The average Bonchev–Trinajstić information content (AvgIpc) is 3.41. The maximum absolute atomic E-state index is 5.88. The van der Waals surface area contributed by atoms with Gasteiger partial charge in [-0.15, -0.1) is 0 Å². The van der Waals surface area contributed by atoms with Gasteiger partial charge < -0.3 is 14.2 Å². The van der Waals surface area contributed by atoms with Crippen LogP contribution >= 0.6 is 11.8 Å². The van der Waals surface area contributed by atoms with Crippen molar-refractivity contribution in [3.63, 3.8) is 0 Å². The Labute approximate surface area is 158 Å². The van der Waals surface area contributed by atoms with Crippen molar-refractivity contribution < 1.29 is 4.74 Å². The molecule has 0 aromatic carbocycles. The Kier molecular flexibility index (Phi) is 4.25. The van der Waals surface area contributed by atoms with E-state index >= 15 is 0 Å². The van der Waals surface area contributed by atoms with E-state index in [1.165, 1.54) is 17.3 Å². The summed E-state index contributed by atoms with van der Waals surface area (Å²) in [6, 6.07) is 10.8. The first-order valence-electron chi connectivity index (χ1n) is 9.48. The van der Waals surface area contributed by atoms with Crippen LogP contribution in [0, 0.1) is 0 Å². The molecule has 4 atom stereocenters. The number of aliphatic imine (C=N–C) groups is 1. The van der Waals surface area contributed by atoms with Gasteiger partial charge in [-0.2, -0.15) is 0 Å². The zero-order valence-electron chi connectivity index (χ0n) is 15.0. The zero-order chi connectivity index (χ0) is 17.5. The Hall–Kier alpha value is -1.79. The van der Waals surface area contributed by atoms with Crippen molar-refractivity contribution in [3.8, 4) is 0 Å². The normalized spacial score (nSPS) is 30.7. The summed E-state index contributed by atoms with van der Waals surface area (Å²) < 4.78 is 8.26. The summed E-state index contributed by atoms with van der Waals surface area (Å²) in [6.07, 6.45) is 6.73. The molecule has 136 valence electrons. The van der Waals surface area contributed by atoms with Gasteiger partial charge in [0, 0.05) is 43.0 Å². The average molecular weight is 369 g/mol. The van der Waals surface area contributed by atoms with E-state index in [9.17, 15) is 0 Å². The summed E-state index contributed by atoms with van der Waals surface area (Å²) in [4.78, 5) is 12.2. The lowest BCUT2D eigenvalue weighted by Gasteiger charge is -2.28. The predicted octanol–water partition coefficient (Wildman–Crippen LogP) is 3.65. The van der Waals surface area contributed by atoms with Gasteiger partial charge in [0.2, 0.25) is 0 Å². The molecule has 2 aromatic heterocycles. The molecule has 6 heteroatoms. The Bertz CT molecular complexity index is 799. The van der Waals surface area contributed by atoms with Crippen molar-refractivity contribution in [2.75, 3.05) is 13.2 Å². The quantitative estimate of drug-likeness (QED) is 0.826. The molecule has 0 saturated carbocycles. The molecule has 3 aliphatic heterocycles. The standard InChI is InChI=1S/C20H24N4OS/c1-14-12-24-19(17-8-4-10-23(17)13-15-6-5-11-25-15)18(22-20(24)26-14)16-7-2-3-9-21-16/h2-4,7-10,14-15,18-19H,5-6,11-13H2,1H3/t14-,15-,18-,19-/m1/s1. The number of nitrogens with zero attached hydrogens (tertiary/aromatic N) is 4. The van der Waals surface area contributed by atoms with Gasteiger partial charge in [0.1, 0.15) is 6.04 Å². The van der Waals surface area contributed by atoms with Gasteiger partial charge in [0.25, 0.3) is 0 Å². The summed E-state index contributed by atoms with van der Waals surface area (Å²) in [5.41, 5.74) is 2.38. The molecule has 0 unspecified atom stereocenters. The van der Waals surface area contributed by atoms with E-state index in [1.807, 2.05) is 24.0 Å². The molecule has 0 amide bonds. The fraction of sp³-hybridized carbons (Fsp3) is 0.500. The number of fused-ring (bicyclic) bond motifs is 1. The van der Waals surface area contributed by atoms with Crippen LogP contribution in [0.25, 0.3) is 0 Å². The fourth-order valence-corrected chi connectivity index (χ4v) is 5.40. The van der Waals surface area contributed by atoms with Crippen LogP contribution in [0.3, 0.4) is 0 Å². The minimum atomic E-state index is 0.0596. The summed E-state index contributed by atoms with van der Waals surface area (Å²) in [5, 5.41) is 1.76. The summed E-state index contributed by atoms with van der Waals surface area (Å²) in [5.74, 6) is 0. The highest BCUT2D eigenvalue weighted by molar-refractivity contribution is 8.14. The third-order valence-corrected chi connectivity index (χ3v) is 6.58. The van der Waals surface area contributed by atoms with Crippen molar-refractivity contribution in [2.24, 2.45) is 4.99 Å². The molecule has 0 aliphatic carbocycles. The number of hydrogen-bond donors (Lipinski definition) is 0. The molecule has 5 heterocycles. The van der Waals surface area contributed by atoms with Crippen LogP contribution in [-0.2, 0) is 11.3 Å². The second-order valence-corrected chi connectivity index (χ2v) is 8.76. The van der Waals surface area contributed by atoms with Gasteiger partial charge in [-0.05, 0) is 37.1 Å². The minimum Gasteiger partial charge on any atom is -0.376 e. The molecular formula is C20H24N4OS. The Balaban J connectivity index is 1.50. The molecule has 26 heavy (non-hydrogen) atoms. The van der Waals surface area contributed by atoms with Crippen molar-refractivity contribution in [2.45, 2.75) is 49.7 Å². The lowest BCUT2D eigenvalue weighted by molar-refractivity contribution is 0.0953. The third kappa shape index (κ3) is 2.85. The van der Waals surface area contributed by atoms with Crippen LogP contribution in [0.2, 0.25) is 0 Å². The molecule has 0 N–H and O–H groups in total. The molecule has 2 aromatic rings. The van der Waals surface area contributed by atoms with Crippen molar-refractivity contribution >= 4 is 16.9 Å². The van der Waals surface area contributed by atoms with Gasteiger partial charge >= 0.3 is 0 Å². The maximum atomic E-state index is 5.88. The van der Waals surface area contributed by atoms with Crippen LogP contribution in [0.4, 0.5) is 0 Å². The molecule has 5 rings (SSSR count). The van der Waals surface area contributed by atoms with Gasteiger partial charge in [0.15, 0.2) is 5.17 Å². The number of rotatable bonds is 4. The summed E-state index contributed by atoms with van der Waals surface area (Å²) in [6.45, 7) is 5.15. The van der Waals surface area contributed by atoms with Crippen LogP contribution in [-0.4, -0.2) is 44.1 Å². The van der Waals surface area contributed by atoms with Crippen LogP contribution in [0.5, 0.6) is 0 Å². The van der Waals surface area contributed by atoms with Crippen LogP contribution < -0.4 is 0 Å². The van der Waals surface area contributed by atoms with Gasteiger partial charge in [-0.3, -0.25) is 9.98 Å². The predicted molar refractivity (Wildman–Crippen MR) is 104 cm³/mol. The van der Waals surface area contributed by atoms with Gasteiger partial charge in [-0.25, -0.2) is 0 Å². The van der Waals surface area contributed by atoms with E-state index < -0.39 is 0 Å². The van der Waals surface area contributed by atoms with Crippen molar-refractivity contribution in [3.05, 3.63) is 54.1 Å². The molecule has 2 fully saturated rings. The van der Waals surface area contributed by atoms with Gasteiger partial charge in [-0.1, -0.05) is 24.8 Å². The van der Waals surface area contributed by atoms with Crippen LogP contribution in [0.15, 0.2) is 47.7 Å². The summed E-state index contributed by atoms with van der Waals surface area (Å²) >= 11 is 1.89.